The van der Waals surface area contributed by atoms with Crippen molar-refractivity contribution in [2.24, 2.45) is 0 Å². The first-order valence-electron chi connectivity index (χ1n) is 6.46. The number of pyridine rings is 1. The summed E-state index contributed by atoms with van der Waals surface area (Å²) in [6.07, 6.45) is 4.00. The van der Waals surface area contributed by atoms with Crippen LogP contribution in [0.4, 0.5) is 5.69 Å². The van der Waals surface area contributed by atoms with Gasteiger partial charge in [-0.15, -0.1) is 0 Å². The fraction of sp³-hybridized carbons (Fsp3) is 0.400. The Labute approximate surface area is 102 Å². The highest BCUT2D eigenvalue weighted by molar-refractivity contribution is 5.91. The van der Waals surface area contributed by atoms with Crippen LogP contribution in [0.2, 0.25) is 0 Å². The molecule has 3 rings (SSSR count). The number of rotatable bonds is 1. The van der Waals surface area contributed by atoms with Crippen molar-refractivity contribution in [3.63, 3.8) is 0 Å². The Balaban J connectivity index is 2.09. The van der Waals surface area contributed by atoms with Crippen molar-refractivity contribution in [2.45, 2.75) is 26.2 Å². The summed E-state index contributed by atoms with van der Waals surface area (Å²) in [5, 5.41) is 1.29. The minimum absolute atomic E-state index is 1.09. The largest absolute Gasteiger partial charge is 0.371 e. The normalized spacial score (nSPS) is 16.4. The quantitative estimate of drug-likeness (QED) is 0.739. The maximum Gasteiger partial charge on any atom is 0.0726 e. The molecule has 0 unspecified atom stereocenters. The second kappa shape index (κ2) is 4.36. The molecule has 0 aliphatic carbocycles. The van der Waals surface area contributed by atoms with E-state index in [1.807, 2.05) is 6.92 Å². The minimum atomic E-state index is 1.09. The molecule has 0 N–H and O–H groups in total. The molecule has 2 aromatic rings. The van der Waals surface area contributed by atoms with Gasteiger partial charge in [-0.1, -0.05) is 6.07 Å². The van der Waals surface area contributed by atoms with E-state index in [0.29, 0.717) is 0 Å². The summed E-state index contributed by atoms with van der Waals surface area (Å²) in [5.74, 6) is 0. The van der Waals surface area contributed by atoms with Crippen LogP contribution in [-0.2, 0) is 0 Å². The smallest absolute Gasteiger partial charge is 0.0726 e. The van der Waals surface area contributed by atoms with E-state index in [-0.39, 0.29) is 0 Å². The summed E-state index contributed by atoms with van der Waals surface area (Å²) in [6.45, 7) is 4.42. The zero-order chi connectivity index (χ0) is 11.7. The third-order valence-corrected chi connectivity index (χ3v) is 3.54. The van der Waals surface area contributed by atoms with Crippen molar-refractivity contribution in [1.82, 2.24) is 4.98 Å². The molecule has 0 bridgehead atoms. The number of anilines is 1. The summed E-state index contributed by atoms with van der Waals surface area (Å²) in [5.41, 5.74) is 3.57. The zero-order valence-electron chi connectivity index (χ0n) is 10.3. The van der Waals surface area contributed by atoms with Crippen molar-refractivity contribution >= 4 is 16.6 Å². The molecule has 1 aromatic heterocycles. The van der Waals surface area contributed by atoms with E-state index in [4.69, 9.17) is 0 Å². The molecule has 2 heteroatoms. The maximum atomic E-state index is 4.60. The first kappa shape index (κ1) is 10.6. The maximum absolute atomic E-state index is 4.60. The molecule has 0 saturated carbocycles. The number of fused-ring (bicyclic) bond motifs is 1. The van der Waals surface area contributed by atoms with Gasteiger partial charge in [-0.3, -0.25) is 4.98 Å². The molecule has 88 valence electrons. The lowest BCUT2D eigenvalue weighted by Gasteiger charge is -2.29. The van der Waals surface area contributed by atoms with Gasteiger partial charge in [-0.2, -0.15) is 0 Å². The minimum Gasteiger partial charge on any atom is -0.371 e. The highest BCUT2D eigenvalue weighted by Gasteiger charge is 2.13. The van der Waals surface area contributed by atoms with Gasteiger partial charge in [0.2, 0.25) is 0 Å². The Morgan fingerprint density at radius 1 is 1.00 bits per heavy atom. The van der Waals surface area contributed by atoms with Gasteiger partial charge in [-0.05, 0) is 50.5 Å². The standard InChI is InChI=1S/C15H18N2/c1-12-8-9-13-14(16-12)6-5-7-15(13)17-10-3-2-4-11-17/h5-9H,2-4,10-11H2,1H3. The Bertz CT molecular complexity index is 527. The summed E-state index contributed by atoms with van der Waals surface area (Å²) < 4.78 is 0. The molecule has 1 aromatic carbocycles. The van der Waals surface area contributed by atoms with Gasteiger partial charge in [0.25, 0.3) is 0 Å². The number of benzene rings is 1. The first-order valence-corrected chi connectivity index (χ1v) is 6.46. The summed E-state index contributed by atoms with van der Waals surface area (Å²) in [6, 6.07) is 10.8. The first-order chi connectivity index (χ1) is 8.34. The van der Waals surface area contributed by atoms with Crippen LogP contribution >= 0.6 is 0 Å². The van der Waals surface area contributed by atoms with Gasteiger partial charge >= 0.3 is 0 Å². The number of nitrogens with zero attached hydrogens (tertiary/aromatic N) is 2. The molecular weight excluding hydrogens is 208 g/mol. The molecule has 0 spiro atoms. The zero-order valence-corrected chi connectivity index (χ0v) is 10.3. The van der Waals surface area contributed by atoms with Crippen molar-refractivity contribution < 1.29 is 0 Å². The Morgan fingerprint density at radius 3 is 2.65 bits per heavy atom. The van der Waals surface area contributed by atoms with E-state index < -0.39 is 0 Å². The van der Waals surface area contributed by atoms with Gasteiger partial charge in [0, 0.05) is 29.9 Å². The van der Waals surface area contributed by atoms with Crippen LogP contribution in [-0.4, -0.2) is 18.1 Å². The van der Waals surface area contributed by atoms with Crippen molar-refractivity contribution in [3.05, 3.63) is 36.0 Å². The predicted molar refractivity (Wildman–Crippen MR) is 72.5 cm³/mol. The SMILES string of the molecule is Cc1ccc2c(N3CCCCC3)cccc2n1. The van der Waals surface area contributed by atoms with Crippen LogP contribution < -0.4 is 4.90 Å². The number of aryl methyl sites for hydroxylation is 1. The fourth-order valence-electron chi connectivity index (χ4n) is 2.65. The molecule has 1 aliphatic heterocycles. The lowest BCUT2D eigenvalue weighted by molar-refractivity contribution is 0.579. The van der Waals surface area contributed by atoms with Crippen LogP contribution in [0.15, 0.2) is 30.3 Å². The molecule has 2 heterocycles. The highest BCUT2D eigenvalue weighted by Crippen LogP contribution is 2.28. The molecule has 1 fully saturated rings. The third-order valence-electron chi connectivity index (χ3n) is 3.54. The second-order valence-corrected chi connectivity index (χ2v) is 4.84. The Morgan fingerprint density at radius 2 is 1.82 bits per heavy atom. The third kappa shape index (κ3) is 1.99. The molecule has 1 saturated heterocycles. The molecule has 0 amide bonds. The topological polar surface area (TPSA) is 16.1 Å². The van der Waals surface area contributed by atoms with E-state index >= 15 is 0 Å². The predicted octanol–water partition coefficient (Wildman–Crippen LogP) is 3.53. The van der Waals surface area contributed by atoms with Gasteiger partial charge in [0.15, 0.2) is 0 Å². The monoisotopic (exact) mass is 226 g/mol. The Kier molecular flexibility index (Phi) is 2.71. The van der Waals surface area contributed by atoms with Crippen LogP contribution in [0.3, 0.4) is 0 Å². The summed E-state index contributed by atoms with van der Waals surface area (Å²) in [7, 11) is 0. The number of hydrogen-bond donors (Lipinski definition) is 0. The molecule has 0 atom stereocenters. The molecule has 17 heavy (non-hydrogen) atoms. The van der Waals surface area contributed by atoms with Crippen molar-refractivity contribution in [3.8, 4) is 0 Å². The van der Waals surface area contributed by atoms with Crippen LogP contribution in [0.25, 0.3) is 10.9 Å². The molecule has 1 aliphatic rings. The average Bonchev–Trinajstić information content (AvgIpc) is 2.39. The number of hydrogen-bond acceptors (Lipinski definition) is 2. The van der Waals surface area contributed by atoms with Crippen LogP contribution in [0.1, 0.15) is 25.0 Å². The van der Waals surface area contributed by atoms with Crippen LogP contribution in [0.5, 0.6) is 0 Å². The second-order valence-electron chi connectivity index (χ2n) is 4.84. The van der Waals surface area contributed by atoms with Gasteiger partial charge in [0.1, 0.15) is 0 Å². The van der Waals surface area contributed by atoms with E-state index in [1.54, 1.807) is 0 Å². The molecule has 0 radical (unpaired) electrons. The molecular formula is C15H18N2. The molecule has 2 nitrogen and oxygen atoms in total. The number of piperidine rings is 1. The van der Waals surface area contributed by atoms with E-state index in [1.165, 1.54) is 43.4 Å². The van der Waals surface area contributed by atoms with Gasteiger partial charge in [-0.25, -0.2) is 0 Å². The highest BCUT2D eigenvalue weighted by atomic mass is 15.1. The van der Waals surface area contributed by atoms with E-state index in [0.717, 1.165) is 11.2 Å². The summed E-state index contributed by atoms with van der Waals surface area (Å²) >= 11 is 0. The van der Waals surface area contributed by atoms with Crippen molar-refractivity contribution in [1.29, 1.82) is 0 Å². The lowest BCUT2D eigenvalue weighted by atomic mass is 10.1. The Hall–Kier alpha value is -1.57. The van der Waals surface area contributed by atoms with Crippen molar-refractivity contribution in [2.75, 3.05) is 18.0 Å². The van der Waals surface area contributed by atoms with Crippen LogP contribution in [0, 0.1) is 6.92 Å². The fourth-order valence-corrected chi connectivity index (χ4v) is 2.65. The van der Waals surface area contributed by atoms with Gasteiger partial charge < -0.3 is 4.90 Å². The number of aromatic nitrogens is 1. The summed E-state index contributed by atoms with van der Waals surface area (Å²) in [4.78, 5) is 7.11. The average molecular weight is 226 g/mol. The van der Waals surface area contributed by atoms with Gasteiger partial charge in [0.05, 0.1) is 5.52 Å². The lowest BCUT2D eigenvalue weighted by Crippen LogP contribution is -2.29. The van der Waals surface area contributed by atoms with E-state index in [2.05, 4.69) is 40.2 Å². The van der Waals surface area contributed by atoms with E-state index in [9.17, 15) is 0 Å².